The number of hydrogen-bond acceptors (Lipinski definition) is 6. The summed E-state index contributed by atoms with van der Waals surface area (Å²) in [7, 11) is 0. The number of aromatic nitrogens is 3. The molecular formula is C26H35N5O2. The number of rotatable bonds is 7. The molecule has 4 fully saturated rings. The van der Waals surface area contributed by atoms with Gasteiger partial charge in [0.05, 0.1) is 5.69 Å². The summed E-state index contributed by atoms with van der Waals surface area (Å²) in [4.78, 5) is 14.2. The summed E-state index contributed by atoms with van der Waals surface area (Å²) in [5.41, 5.74) is 1.73. The van der Waals surface area contributed by atoms with Crippen molar-refractivity contribution in [3.8, 4) is 11.3 Å². The van der Waals surface area contributed by atoms with Crippen LogP contribution in [0.5, 0.6) is 0 Å². The van der Waals surface area contributed by atoms with Crippen LogP contribution in [0, 0.1) is 23.7 Å². The Morgan fingerprint density at radius 2 is 1.79 bits per heavy atom. The largest absolute Gasteiger partial charge is 0.381 e. The zero-order chi connectivity index (χ0) is 24.0. The van der Waals surface area contributed by atoms with Gasteiger partial charge in [-0.25, -0.2) is 0 Å². The topological polar surface area (TPSA) is 72.3 Å². The van der Waals surface area contributed by atoms with E-state index in [4.69, 9.17) is 7.48 Å². The first-order valence-electron chi connectivity index (χ1n) is 13.6. The minimum atomic E-state index is -1.24. The van der Waals surface area contributed by atoms with Gasteiger partial charge in [-0.3, -0.25) is 4.79 Å². The van der Waals surface area contributed by atoms with Crippen LogP contribution in [0.4, 0.5) is 5.82 Å². The summed E-state index contributed by atoms with van der Waals surface area (Å²) < 4.78 is 24.8. The number of fused-ring (bicyclic) bond motifs is 1. The Bertz CT molecular complexity index is 1080. The number of pyridine rings is 1. The van der Waals surface area contributed by atoms with E-state index < -0.39 is 6.50 Å². The van der Waals surface area contributed by atoms with Crippen molar-refractivity contribution >= 4 is 5.82 Å². The first-order valence-corrected chi connectivity index (χ1v) is 12.6. The predicted octanol–water partition coefficient (Wildman–Crippen LogP) is 3.26. The fraction of sp³-hybridized carbons (Fsp3) is 0.654. The number of nitrogens with one attached hydrogen (secondary N) is 1. The summed E-state index contributed by atoms with van der Waals surface area (Å²) >= 11 is 0. The van der Waals surface area contributed by atoms with Crippen molar-refractivity contribution in [2.24, 2.45) is 23.7 Å². The first-order chi connectivity index (χ1) is 17.0. The zero-order valence-corrected chi connectivity index (χ0v) is 19.2. The second kappa shape index (κ2) is 9.18. The standard InChI is InChI=1S/C26H35N5O2/c32-26-6-3-20(17-31(26)14-18-1-2-18)24-4-5-25(29-28-24)27-23-11-21-15-30(16-22(21)12-23)13-19-7-9-33-10-8-19/h3-6,17-19,21-23H,1-2,7-16H2,(H,27,29)/t21-,22+,23?/i13D2. The van der Waals surface area contributed by atoms with Crippen molar-refractivity contribution in [2.45, 2.75) is 51.1 Å². The molecule has 0 bridgehead atoms. The molecule has 1 N–H and O–H groups in total. The number of ether oxygens (including phenoxy) is 1. The van der Waals surface area contributed by atoms with Crippen LogP contribution < -0.4 is 10.9 Å². The van der Waals surface area contributed by atoms with E-state index in [-0.39, 0.29) is 11.5 Å². The highest BCUT2D eigenvalue weighted by molar-refractivity contribution is 5.58. The lowest BCUT2D eigenvalue weighted by Crippen LogP contribution is -2.32. The number of likely N-dealkylation sites (tertiary alicyclic amines) is 1. The SMILES string of the molecule is [2H]C([2H])(C1CCOCC1)N1C[C@H]2CC(Nc3ccc(-c4ccc(=O)n(CC5CC5)c4)nn3)C[C@H]2C1. The molecule has 4 aliphatic rings. The molecule has 0 aromatic carbocycles. The van der Waals surface area contributed by atoms with E-state index in [1.54, 1.807) is 10.6 Å². The average molecular weight is 452 g/mol. The van der Waals surface area contributed by atoms with Gasteiger partial charge in [-0.05, 0) is 80.4 Å². The van der Waals surface area contributed by atoms with Crippen molar-refractivity contribution < 1.29 is 7.48 Å². The van der Waals surface area contributed by atoms with Gasteiger partial charge in [-0.15, -0.1) is 10.2 Å². The van der Waals surface area contributed by atoms with Gasteiger partial charge in [-0.1, -0.05) is 0 Å². The summed E-state index contributed by atoms with van der Waals surface area (Å²) in [6.45, 7) is 2.60. The van der Waals surface area contributed by atoms with Crippen LogP contribution in [0.15, 0.2) is 35.3 Å². The van der Waals surface area contributed by atoms with Crippen LogP contribution in [0.2, 0.25) is 0 Å². The molecular weight excluding hydrogens is 414 g/mol. The molecule has 33 heavy (non-hydrogen) atoms. The Morgan fingerprint density at radius 3 is 2.48 bits per heavy atom. The molecule has 2 aromatic rings. The molecule has 2 saturated heterocycles. The molecule has 3 atom stereocenters. The highest BCUT2D eigenvalue weighted by atomic mass is 16.5. The van der Waals surface area contributed by atoms with Gasteiger partial charge >= 0.3 is 0 Å². The van der Waals surface area contributed by atoms with E-state index in [1.165, 1.54) is 12.8 Å². The lowest BCUT2D eigenvalue weighted by Gasteiger charge is -2.27. The first kappa shape index (κ1) is 19.1. The average Bonchev–Trinajstić information content (AvgIpc) is 3.47. The minimum absolute atomic E-state index is 0.0399. The van der Waals surface area contributed by atoms with Crippen molar-refractivity contribution in [1.29, 1.82) is 0 Å². The van der Waals surface area contributed by atoms with Crippen molar-refractivity contribution in [3.63, 3.8) is 0 Å². The van der Waals surface area contributed by atoms with Gasteiger partial charge < -0.3 is 19.5 Å². The van der Waals surface area contributed by atoms with E-state index in [0.717, 1.165) is 62.4 Å². The molecule has 2 aliphatic heterocycles. The number of nitrogens with zero attached hydrogens (tertiary/aromatic N) is 4. The van der Waals surface area contributed by atoms with Crippen molar-refractivity contribution in [1.82, 2.24) is 19.7 Å². The smallest absolute Gasteiger partial charge is 0.250 e. The lowest BCUT2D eigenvalue weighted by atomic mass is 10.00. The van der Waals surface area contributed by atoms with Crippen molar-refractivity contribution in [2.75, 3.05) is 38.1 Å². The third-order valence-electron chi connectivity index (χ3n) is 7.79. The van der Waals surface area contributed by atoms with E-state index in [0.29, 0.717) is 37.0 Å². The van der Waals surface area contributed by atoms with Gasteiger partial charge in [0, 0.05) is 66.0 Å². The molecule has 7 nitrogen and oxygen atoms in total. The monoisotopic (exact) mass is 451 g/mol. The van der Waals surface area contributed by atoms with Crippen LogP contribution >= 0.6 is 0 Å². The maximum atomic E-state index is 12.1. The van der Waals surface area contributed by atoms with Crippen LogP contribution in [-0.4, -0.2) is 58.5 Å². The predicted molar refractivity (Wildman–Crippen MR) is 128 cm³/mol. The Kier molecular flexibility index (Phi) is 5.31. The van der Waals surface area contributed by atoms with Crippen LogP contribution in [0.3, 0.4) is 0 Å². The van der Waals surface area contributed by atoms with Crippen LogP contribution in [0.1, 0.15) is 41.3 Å². The van der Waals surface area contributed by atoms with Crippen LogP contribution in [-0.2, 0) is 11.3 Å². The van der Waals surface area contributed by atoms with E-state index in [9.17, 15) is 4.79 Å². The van der Waals surface area contributed by atoms with Crippen LogP contribution in [0.25, 0.3) is 11.3 Å². The van der Waals surface area contributed by atoms with Crippen molar-refractivity contribution in [3.05, 3.63) is 40.8 Å². The molecule has 4 heterocycles. The molecule has 6 rings (SSSR count). The molecule has 0 spiro atoms. The van der Waals surface area contributed by atoms with Gasteiger partial charge in [0.2, 0.25) is 0 Å². The zero-order valence-electron chi connectivity index (χ0n) is 21.2. The Labute approximate surface area is 198 Å². The van der Waals surface area contributed by atoms with E-state index in [1.807, 2.05) is 24.4 Å². The molecule has 7 heteroatoms. The highest BCUT2D eigenvalue weighted by Crippen LogP contribution is 2.39. The normalized spacial score (nSPS) is 29.5. The minimum Gasteiger partial charge on any atom is -0.381 e. The second-order valence-electron chi connectivity index (χ2n) is 10.4. The third kappa shape index (κ3) is 4.99. The Hall–Kier alpha value is -2.25. The molecule has 0 radical (unpaired) electrons. The van der Waals surface area contributed by atoms with E-state index in [2.05, 4.69) is 20.4 Å². The fourth-order valence-corrected chi connectivity index (χ4v) is 5.78. The second-order valence-corrected chi connectivity index (χ2v) is 10.4. The molecule has 2 aromatic heterocycles. The summed E-state index contributed by atoms with van der Waals surface area (Å²) in [6, 6.07) is 7.74. The molecule has 176 valence electrons. The highest BCUT2D eigenvalue weighted by Gasteiger charge is 2.41. The fourth-order valence-electron chi connectivity index (χ4n) is 5.78. The van der Waals surface area contributed by atoms with Gasteiger partial charge in [0.25, 0.3) is 5.56 Å². The van der Waals surface area contributed by atoms with Gasteiger partial charge in [0.15, 0.2) is 0 Å². The summed E-state index contributed by atoms with van der Waals surface area (Å²) in [5, 5.41) is 12.4. The lowest BCUT2D eigenvalue weighted by molar-refractivity contribution is 0.0545. The summed E-state index contributed by atoms with van der Waals surface area (Å²) in [5.74, 6) is 2.55. The van der Waals surface area contributed by atoms with E-state index >= 15 is 0 Å². The maximum absolute atomic E-state index is 12.1. The number of hydrogen-bond donors (Lipinski definition) is 1. The molecule has 2 aliphatic carbocycles. The quantitative estimate of drug-likeness (QED) is 0.697. The third-order valence-corrected chi connectivity index (χ3v) is 7.79. The maximum Gasteiger partial charge on any atom is 0.250 e. The number of anilines is 1. The molecule has 2 saturated carbocycles. The molecule has 0 amide bonds. The molecule has 1 unspecified atom stereocenters. The van der Waals surface area contributed by atoms with Gasteiger partial charge in [-0.2, -0.15) is 0 Å². The summed E-state index contributed by atoms with van der Waals surface area (Å²) in [6.07, 6.45) is 8.04. The van der Waals surface area contributed by atoms with Gasteiger partial charge in [0.1, 0.15) is 5.82 Å². The Balaban J connectivity index is 1.05. The Morgan fingerprint density at radius 1 is 1.00 bits per heavy atom.